The molecule has 1 aromatic rings. The highest BCUT2D eigenvalue weighted by Gasteiger charge is 2.54. The molecule has 4 bridgehead atoms. The smallest absolute Gasteiger partial charge is 0.230 e. The number of anilines is 1. The van der Waals surface area contributed by atoms with Gasteiger partial charge in [0.15, 0.2) is 0 Å². The lowest BCUT2D eigenvalue weighted by Crippen LogP contribution is -2.51. The number of hydrogen-bond donors (Lipinski definition) is 1. The molecule has 0 saturated heterocycles. The fourth-order valence-corrected chi connectivity index (χ4v) is 5.55. The molecule has 1 amide bonds. The quantitative estimate of drug-likeness (QED) is 0.918. The molecule has 0 heterocycles. The Morgan fingerprint density at radius 3 is 2.17 bits per heavy atom. The highest BCUT2D eigenvalue weighted by Crippen LogP contribution is 2.60. The molecule has 5 rings (SSSR count). The molecule has 0 aromatic heterocycles. The first kappa shape index (κ1) is 14.9. The Kier molecular flexibility index (Phi) is 3.51. The number of rotatable bonds is 4. The van der Waals surface area contributed by atoms with Gasteiger partial charge in [0.2, 0.25) is 5.91 Å². The zero-order valence-electron chi connectivity index (χ0n) is 13.9. The summed E-state index contributed by atoms with van der Waals surface area (Å²) in [6, 6.07) is 5.54. The molecule has 4 saturated carbocycles. The van der Waals surface area contributed by atoms with Crippen molar-refractivity contribution in [3.63, 3.8) is 0 Å². The summed E-state index contributed by atoms with van der Waals surface area (Å²) >= 11 is 0. The predicted molar refractivity (Wildman–Crippen MR) is 88.8 cm³/mol. The summed E-state index contributed by atoms with van der Waals surface area (Å²) in [6.07, 6.45) is 7.26. The van der Waals surface area contributed by atoms with Crippen LogP contribution in [-0.2, 0) is 4.79 Å². The third kappa shape index (κ3) is 2.48. The van der Waals surface area contributed by atoms with Gasteiger partial charge in [-0.1, -0.05) is 0 Å². The summed E-state index contributed by atoms with van der Waals surface area (Å²) in [6.45, 7) is 0. The number of amides is 1. The van der Waals surface area contributed by atoms with E-state index >= 15 is 0 Å². The van der Waals surface area contributed by atoms with Gasteiger partial charge in [0.05, 0.1) is 25.3 Å². The van der Waals surface area contributed by atoms with Crippen molar-refractivity contribution in [3.8, 4) is 11.5 Å². The summed E-state index contributed by atoms with van der Waals surface area (Å²) in [5.74, 6) is 3.89. The molecule has 4 aliphatic carbocycles. The standard InChI is InChI=1S/C19H25NO3/c1-22-15-3-4-16(17(8-15)23-2)20-18(21)19-9-12-5-13(10-19)7-14(6-12)11-19/h3-4,8,12-14H,5-7,9-11H2,1-2H3,(H,20,21). The molecule has 0 aliphatic heterocycles. The number of ether oxygens (including phenoxy) is 2. The average molecular weight is 315 g/mol. The Balaban J connectivity index is 1.56. The van der Waals surface area contributed by atoms with E-state index in [4.69, 9.17) is 9.47 Å². The highest BCUT2D eigenvalue weighted by atomic mass is 16.5. The Bertz CT molecular complexity index is 590. The molecule has 124 valence electrons. The zero-order valence-corrected chi connectivity index (χ0v) is 13.9. The van der Waals surface area contributed by atoms with Crippen LogP contribution in [0.4, 0.5) is 5.69 Å². The van der Waals surface area contributed by atoms with Crippen LogP contribution in [0, 0.1) is 23.2 Å². The minimum absolute atomic E-state index is 0.139. The second-order valence-electron chi connectivity index (χ2n) is 7.72. The molecule has 0 unspecified atom stereocenters. The van der Waals surface area contributed by atoms with E-state index in [1.54, 1.807) is 14.2 Å². The Hall–Kier alpha value is -1.71. The van der Waals surface area contributed by atoms with Crippen LogP contribution in [0.3, 0.4) is 0 Å². The molecule has 23 heavy (non-hydrogen) atoms. The lowest BCUT2D eigenvalue weighted by molar-refractivity contribution is -0.140. The van der Waals surface area contributed by atoms with Gasteiger partial charge >= 0.3 is 0 Å². The first-order valence-electron chi connectivity index (χ1n) is 8.65. The number of benzene rings is 1. The normalized spacial score (nSPS) is 34.3. The number of hydrogen-bond acceptors (Lipinski definition) is 3. The highest BCUT2D eigenvalue weighted by molar-refractivity contribution is 5.97. The first-order chi connectivity index (χ1) is 11.1. The minimum atomic E-state index is -0.139. The molecule has 4 heteroatoms. The zero-order chi connectivity index (χ0) is 16.0. The molecule has 0 spiro atoms. The average Bonchev–Trinajstić information content (AvgIpc) is 2.54. The Labute approximate surface area is 137 Å². The maximum absolute atomic E-state index is 13.1. The van der Waals surface area contributed by atoms with Gasteiger partial charge in [-0.05, 0) is 68.4 Å². The van der Waals surface area contributed by atoms with Gasteiger partial charge in [0.25, 0.3) is 0 Å². The lowest BCUT2D eigenvalue weighted by atomic mass is 9.49. The van der Waals surface area contributed by atoms with Crippen molar-refractivity contribution in [2.45, 2.75) is 38.5 Å². The van der Waals surface area contributed by atoms with Crippen molar-refractivity contribution in [3.05, 3.63) is 18.2 Å². The summed E-state index contributed by atoms with van der Waals surface area (Å²) in [7, 11) is 3.25. The minimum Gasteiger partial charge on any atom is -0.497 e. The summed E-state index contributed by atoms with van der Waals surface area (Å²) in [5.41, 5.74) is 0.605. The molecule has 4 nitrogen and oxygen atoms in total. The molecular weight excluding hydrogens is 290 g/mol. The third-order valence-corrected chi connectivity index (χ3v) is 6.18. The van der Waals surface area contributed by atoms with Crippen LogP contribution >= 0.6 is 0 Å². The molecule has 1 N–H and O–H groups in total. The van der Waals surface area contributed by atoms with Crippen molar-refractivity contribution in [1.29, 1.82) is 0 Å². The van der Waals surface area contributed by atoms with Gasteiger partial charge < -0.3 is 14.8 Å². The van der Waals surface area contributed by atoms with E-state index in [2.05, 4.69) is 5.32 Å². The van der Waals surface area contributed by atoms with Crippen molar-refractivity contribution in [2.24, 2.45) is 23.2 Å². The van der Waals surface area contributed by atoms with Crippen molar-refractivity contribution in [1.82, 2.24) is 0 Å². The van der Waals surface area contributed by atoms with Crippen LogP contribution < -0.4 is 14.8 Å². The molecule has 0 atom stereocenters. The summed E-state index contributed by atoms with van der Waals surface area (Å²) < 4.78 is 10.6. The van der Waals surface area contributed by atoms with Gasteiger partial charge in [0, 0.05) is 6.07 Å². The third-order valence-electron chi connectivity index (χ3n) is 6.18. The van der Waals surface area contributed by atoms with Crippen molar-refractivity contribution >= 4 is 11.6 Å². The molecular formula is C19H25NO3. The van der Waals surface area contributed by atoms with E-state index in [-0.39, 0.29) is 11.3 Å². The number of methoxy groups -OCH3 is 2. The van der Waals surface area contributed by atoms with Crippen LogP contribution in [-0.4, -0.2) is 20.1 Å². The molecule has 1 aromatic carbocycles. The maximum atomic E-state index is 13.1. The monoisotopic (exact) mass is 315 g/mol. The maximum Gasteiger partial charge on any atom is 0.230 e. The Morgan fingerprint density at radius 2 is 1.65 bits per heavy atom. The second kappa shape index (κ2) is 5.43. The van der Waals surface area contributed by atoms with E-state index in [0.717, 1.165) is 48.5 Å². The van der Waals surface area contributed by atoms with Crippen LogP contribution in [0.1, 0.15) is 38.5 Å². The van der Waals surface area contributed by atoms with E-state index in [1.165, 1.54) is 19.3 Å². The van der Waals surface area contributed by atoms with Gasteiger partial charge in [0.1, 0.15) is 11.5 Å². The fraction of sp³-hybridized carbons (Fsp3) is 0.632. The number of carbonyl (C=O) groups excluding carboxylic acids is 1. The fourth-order valence-electron chi connectivity index (χ4n) is 5.55. The molecule has 0 radical (unpaired) electrons. The largest absolute Gasteiger partial charge is 0.497 e. The lowest BCUT2D eigenvalue weighted by Gasteiger charge is -2.55. The first-order valence-corrected chi connectivity index (χ1v) is 8.65. The van der Waals surface area contributed by atoms with Gasteiger partial charge in [-0.25, -0.2) is 0 Å². The molecule has 4 fully saturated rings. The number of nitrogens with one attached hydrogen (secondary N) is 1. The number of carbonyl (C=O) groups is 1. The topological polar surface area (TPSA) is 47.6 Å². The van der Waals surface area contributed by atoms with E-state index in [9.17, 15) is 4.79 Å². The van der Waals surface area contributed by atoms with Crippen LogP contribution in [0.25, 0.3) is 0 Å². The van der Waals surface area contributed by atoms with Gasteiger partial charge in [-0.2, -0.15) is 0 Å². The van der Waals surface area contributed by atoms with E-state index < -0.39 is 0 Å². The second-order valence-corrected chi connectivity index (χ2v) is 7.72. The van der Waals surface area contributed by atoms with E-state index in [1.807, 2.05) is 18.2 Å². The predicted octanol–water partition coefficient (Wildman–Crippen LogP) is 3.86. The SMILES string of the molecule is COc1ccc(NC(=O)C23CC4CC(CC(C4)C2)C3)c(OC)c1. The van der Waals surface area contributed by atoms with Crippen molar-refractivity contribution in [2.75, 3.05) is 19.5 Å². The van der Waals surface area contributed by atoms with E-state index in [0.29, 0.717) is 5.75 Å². The van der Waals surface area contributed by atoms with Gasteiger partial charge in [-0.15, -0.1) is 0 Å². The Morgan fingerprint density at radius 1 is 1.04 bits per heavy atom. The molecule has 4 aliphatic rings. The van der Waals surface area contributed by atoms with Crippen LogP contribution in [0.15, 0.2) is 18.2 Å². The van der Waals surface area contributed by atoms with Crippen LogP contribution in [0.5, 0.6) is 11.5 Å². The van der Waals surface area contributed by atoms with Gasteiger partial charge in [-0.3, -0.25) is 4.79 Å². The van der Waals surface area contributed by atoms with Crippen molar-refractivity contribution < 1.29 is 14.3 Å². The van der Waals surface area contributed by atoms with Crippen LogP contribution in [0.2, 0.25) is 0 Å². The summed E-state index contributed by atoms with van der Waals surface area (Å²) in [4.78, 5) is 13.1. The summed E-state index contributed by atoms with van der Waals surface area (Å²) in [5, 5.41) is 3.15.